The first kappa shape index (κ1) is 24.3. The lowest BCUT2D eigenvalue weighted by Crippen LogP contribution is -2.41. The van der Waals surface area contributed by atoms with Crippen LogP contribution in [0.2, 0.25) is 5.02 Å². The fraction of sp³-hybridized carbons (Fsp3) is 0.478. The molecule has 1 spiro atoms. The number of hydrogen-bond acceptors (Lipinski definition) is 7. The summed E-state index contributed by atoms with van der Waals surface area (Å²) in [6.45, 7) is 3.31. The van der Waals surface area contributed by atoms with Crippen LogP contribution in [0.25, 0.3) is 10.9 Å². The quantitative estimate of drug-likeness (QED) is 0.477. The van der Waals surface area contributed by atoms with E-state index < -0.39 is 18.3 Å². The fourth-order valence-corrected chi connectivity index (χ4v) is 5.93. The number of alkyl halides is 3. The molecule has 3 aromatic rings. The average Bonchev–Trinajstić information content (AvgIpc) is 3.17. The number of halogens is 4. The Balaban J connectivity index is 1.32. The summed E-state index contributed by atoms with van der Waals surface area (Å²) in [5.74, 6) is 0.792. The number of rotatable bonds is 4. The highest BCUT2D eigenvalue weighted by Crippen LogP contribution is 2.42. The maximum Gasteiger partial charge on any atom is 0.406 e. The van der Waals surface area contributed by atoms with Gasteiger partial charge in [-0.05, 0) is 43.7 Å². The van der Waals surface area contributed by atoms with Crippen molar-refractivity contribution >= 4 is 40.1 Å². The second-order valence-corrected chi connectivity index (χ2v) is 10.6. The Morgan fingerprint density at radius 3 is 2.60 bits per heavy atom. The van der Waals surface area contributed by atoms with Gasteiger partial charge < -0.3 is 9.64 Å². The largest absolute Gasteiger partial charge is 0.406 e. The standard InChI is InChI=1S/C23H23ClF3N5O2S/c1-14-8-22(12-34-14)4-6-31(7-5-22)17-9-29-18(10-28-17)35-16-3-2-15-19(20(16)24)21(33)32(13-30-15)11-23(25,26)27/h2-3,9-10,13-14H,4-8,11-12H2,1H3/t14-/m0/s1. The molecule has 1 aromatic carbocycles. The van der Waals surface area contributed by atoms with E-state index in [-0.39, 0.29) is 21.3 Å². The molecular formula is C23H23ClF3N5O2S. The van der Waals surface area contributed by atoms with Gasteiger partial charge in [0.15, 0.2) is 0 Å². The highest BCUT2D eigenvalue weighted by atomic mass is 35.5. The lowest BCUT2D eigenvalue weighted by Gasteiger charge is -2.38. The topological polar surface area (TPSA) is 73.1 Å². The summed E-state index contributed by atoms with van der Waals surface area (Å²) < 4.78 is 44.7. The summed E-state index contributed by atoms with van der Waals surface area (Å²) >= 11 is 7.63. The second-order valence-electron chi connectivity index (χ2n) is 9.19. The van der Waals surface area contributed by atoms with Crippen LogP contribution in [0.4, 0.5) is 19.0 Å². The van der Waals surface area contributed by atoms with Gasteiger partial charge in [-0.25, -0.2) is 15.0 Å². The van der Waals surface area contributed by atoms with Crippen molar-refractivity contribution in [1.29, 1.82) is 0 Å². The van der Waals surface area contributed by atoms with E-state index in [1.165, 1.54) is 11.8 Å². The van der Waals surface area contributed by atoms with Crippen LogP contribution >= 0.6 is 23.4 Å². The highest BCUT2D eigenvalue weighted by Gasteiger charge is 2.41. The van der Waals surface area contributed by atoms with Crippen molar-refractivity contribution in [2.75, 3.05) is 24.6 Å². The van der Waals surface area contributed by atoms with Gasteiger partial charge in [-0.2, -0.15) is 13.2 Å². The number of fused-ring (bicyclic) bond motifs is 1. The maximum atomic E-state index is 12.8. The van der Waals surface area contributed by atoms with Crippen molar-refractivity contribution < 1.29 is 17.9 Å². The first-order valence-electron chi connectivity index (χ1n) is 11.2. The Kier molecular flexibility index (Phi) is 6.43. The number of hydrogen-bond donors (Lipinski definition) is 0. The van der Waals surface area contributed by atoms with Gasteiger partial charge in [0.2, 0.25) is 0 Å². The van der Waals surface area contributed by atoms with Crippen LogP contribution in [0.3, 0.4) is 0 Å². The number of aromatic nitrogens is 4. The average molecular weight is 526 g/mol. The summed E-state index contributed by atoms with van der Waals surface area (Å²) in [6.07, 6.45) is 3.22. The molecule has 0 saturated carbocycles. The molecule has 4 heterocycles. The van der Waals surface area contributed by atoms with Crippen LogP contribution < -0.4 is 10.5 Å². The van der Waals surface area contributed by atoms with Crippen molar-refractivity contribution in [2.24, 2.45) is 5.41 Å². The van der Waals surface area contributed by atoms with Crippen LogP contribution in [0, 0.1) is 5.41 Å². The molecule has 0 aliphatic carbocycles. The van der Waals surface area contributed by atoms with Crippen molar-refractivity contribution in [1.82, 2.24) is 19.5 Å². The van der Waals surface area contributed by atoms with Crippen molar-refractivity contribution in [3.63, 3.8) is 0 Å². The summed E-state index contributed by atoms with van der Waals surface area (Å²) in [5.41, 5.74) is -0.334. The number of piperidine rings is 1. The Morgan fingerprint density at radius 1 is 1.20 bits per heavy atom. The minimum absolute atomic E-state index is 0.0433. The molecular weight excluding hydrogens is 503 g/mol. The summed E-state index contributed by atoms with van der Waals surface area (Å²) in [4.78, 5) is 28.4. The molecule has 2 saturated heterocycles. The normalized spacial score (nSPS) is 20.1. The molecule has 186 valence electrons. The monoisotopic (exact) mass is 525 g/mol. The molecule has 12 heteroatoms. The highest BCUT2D eigenvalue weighted by molar-refractivity contribution is 7.99. The number of ether oxygens (including phenoxy) is 1. The third-order valence-corrected chi connectivity index (χ3v) is 8.10. The molecule has 2 aliphatic heterocycles. The van der Waals surface area contributed by atoms with E-state index in [9.17, 15) is 18.0 Å². The molecule has 35 heavy (non-hydrogen) atoms. The van der Waals surface area contributed by atoms with E-state index in [0.717, 1.165) is 51.1 Å². The Morgan fingerprint density at radius 2 is 1.97 bits per heavy atom. The molecule has 5 rings (SSSR count). The second kappa shape index (κ2) is 9.25. The number of anilines is 1. The van der Waals surface area contributed by atoms with E-state index >= 15 is 0 Å². The minimum atomic E-state index is -4.55. The third-order valence-electron chi connectivity index (χ3n) is 6.62. The van der Waals surface area contributed by atoms with Gasteiger partial charge in [-0.3, -0.25) is 9.36 Å². The zero-order chi connectivity index (χ0) is 24.8. The first-order valence-corrected chi connectivity index (χ1v) is 12.4. The SMILES string of the molecule is C[C@H]1CC2(CCN(c3cnc(Sc4ccc5ncn(CC(F)(F)F)c(=O)c5c4Cl)cn3)CC2)CO1. The van der Waals surface area contributed by atoms with Gasteiger partial charge in [-0.1, -0.05) is 23.4 Å². The van der Waals surface area contributed by atoms with Crippen molar-refractivity contribution in [3.8, 4) is 0 Å². The zero-order valence-corrected chi connectivity index (χ0v) is 20.5. The molecule has 1 atom stereocenters. The van der Waals surface area contributed by atoms with Crippen molar-refractivity contribution in [2.45, 2.75) is 54.9 Å². The zero-order valence-electron chi connectivity index (χ0n) is 18.9. The Bertz CT molecular complexity index is 1290. The van der Waals surface area contributed by atoms with Crippen molar-refractivity contribution in [3.05, 3.63) is 46.2 Å². The van der Waals surface area contributed by atoms with E-state index in [2.05, 4.69) is 26.8 Å². The molecule has 0 unspecified atom stereocenters. The molecule has 2 aliphatic rings. The predicted octanol–water partition coefficient (Wildman–Crippen LogP) is 4.95. The summed E-state index contributed by atoms with van der Waals surface area (Å²) in [7, 11) is 0. The van der Waals surface area contributed by atoms with Crippen LogP contribution in [-0.4, -0.2) is 51.5 Å². The Hall–Kier alpha value is -2.37. The molecule has 0 amide bonds. The Labute approximate surface area is 208 Å². The maximum absolute atomic E-state index is 12.8. The van der Waals surface area contributed by atoms with Gasteiger partial charge >= 0.3 is 6.18 Å². The lowest BCUT2D eigenvalue weighted by atomic mass is 9.77. The van der Waals surface area contributed by atoms with Gasteiger partial charge in [0.05, 0.1) is 47.4 Å². The predicted molar refractivity (Wildman–Crippen MR) is 127 cm³/mol. The first-order chi connectivity index (χ1) is 16.6. The molecule has 0 bridgehead atoms. The van der Waals surface area contributed by atoms with E-state index in [4.69, 9.17) is 16.3 Å². The molecule has 2 aromatic heterocycles. The molecule has 2 fully saturated rings. The smallest absolute Gasteiger partial charge is 0.378 e. The van der Waals surface area contributed by atoms with Gasteiger partial charge in [0.25, 0.3) is 5.56 Å². The minimum Gasteiger partial charge on any atom is -0.378 e. The van der Waals surface area contributed by atoms with Crippen LogP contribution in [-0.2, 0) is 11.3 Å². The van der Waals surface area contributed by atoms with E-state index in [0.29, 0.717) is 20.6 Å². The molecule has 0 N–H and O–H groups in total. The van der Waals surface area contributed by atoms with Gasteiger partial charge in [0, 0.05) is 18.0 Å². The van der Waals surface area contributed by atoms with Gasteiger partial charge in [-0.15, -0.1) is 0 Å². The van der Waals surface area contributed by atoms with Crippen LogP contribution in [0.15, 0.2) is 45.6 Å². The molecule has 0 radical (unpaired) electrons. The van der Waals surface area contributed by atoms with E-state index in [1.807, 2.05) is 0 Å². The third kappa shape index (κ3) is 5.12. The fourth-order valence-electron chi connectivity index (χ4n) is 4.81. The lowest BCUT2D eigenvalue weighted by molar-refractivity contribution is -0.141. The number of nitrogens with zero attached hydrogens (tertiary/aromatic N) is 5. The van der Waals surface area contributed by atoms with Crippen LogP contribution in [0.1, 0.15) is 26.2 Å². The number of benzene rings is 1. The summed E-state index contributed by atoms with van der Waals surface area (Å²) in [5, 5.41) is 0.545. The van der Waals surface area contributed by atoms with Crippen LogP contribution in [0.5, 0.6) is 0 Å². The van der Waals surface area contributed by atoms with E-state index in [1.54, 1.807) is 24.5 Å². The van der Waals surface area contributed by atoms with Gasteiger partial charge in [0.1, 0.15) is 17.4 Å². The molecule has 7 nitrogen and oxygen atoms in total. The summed E-state index contributed by atoms with van der Waals surface area (Å²) in [6, 6.07) is 3.22.